The lowest BCUT2D eigenvalue weighted by Gasteiger charge is -2.32. The van der Waals surface area contributed by atoms with Crippen molar-refractivity contribution in [1.82, 2.24) is 4.90 Å². The highest BCUT2D eigenvalue weighted by atomic mass is 16.3. The summed E-state index contributed by atoms with van der Waals surface area (Å²) in [5.74, 6) is 0.579. The second-order valence-corrected chi connectivity index (χ2v) is 4.14. The molecule has 1 atom stereocenters. The lowest BCUT2D eigenvalue weighted by molar-refractivity contribution is -0.139. The summed E-state index contributed by atoms with van der Waals surface area (Å²) >= 11 is 0. The van der Waals surface area contributed by atoms with Gasteiger partial charge < -0.3 is 10.0 Å². The minimum atomic E-state index is 0.119. The predicted octanol–water partition coefficient (Wildman–Crippen LogP) is 0.770. The first kappa shape index (κ1) is 9.00. The summed E-state index contributed by atoms with van der Waals surface area (Å²) in [5, 5.41) is 9.06. The Bertz CT molecular complexity index is 201. The van der Waals surface area contributed by atoms with E-state index in [1.807, 2.05) is 4.90 Å². The highest BCUT2D eigenvalue weighted by molar-refractivity contribution is 5.80. The minimum Gasteiger partial charge on any atom is -0.394 e. The fraction of sp³-hybridized carbons (Fsp3) is 0.900. The molecule has 1 saturated carbocycles. The first-order valence-electron chi connectivity index (χ1n) is 5.24. The van der Waals surface area contributed by atoms with E-state index in [4.69, 9.17) is 5.11 Å². The molecular formula is C10H17NO2. The summed E-state index contributed by atoms with van der Waals surface area (Å²) in [6, 6.07) is 0.119. The van der Waals surface area contributed by atoms with Gasteiger partial charge in [-0.15, -0.1) is 0 Å². The lowest BCUT2D eigenvalue weighted by Crippen LogP contribution is -2.43. The van der Waals surface area contributed by atoms with Crippen LogP contribution in [-0.2, 0) is 4.79 Å². The molecule has 1 amide bonds. The van der Waals surface area contributed by atoms with E-state index in [0.717, 1.165) is 32.2 Å². The van der Waals surface area contributed by atoms with Crippen LogP contribution >= 0.6 is 0 Å². The molecule has 1 aliphatic heterocycles. The summed E-state index contributed by atoms with van der Waals surface area (Å²) in [6.45, 7) is 0.999. The van der Waals surface area contributed by atoms with Gasteiger partial charge in [-0.1, -0.05) is 6.42 Å². The van der Waals surface area contributed by atoms with E-state index in [-0.39, 0.29) is 18.6 Å². The van der Waals surface area contributed by atoms with E-state index < -0.39 is 0 Å². The van der Waals surface area contributed by atoms with Crippen LogP contribution < -0.4 is 0 Å². The van der Waals surface area contributed by atoms with Gasteiger partial charge in [-0.25, -0.2) is 0 Å². The molecule has 2 aliphatic rings. The number of nitrogens with zero attached hydrogens (tertiary/aromatic N) is 1. The first-order valence-corrected chi connectivity index (χ1v) is 5.24. The molecule has 0 aromatic rings. The van der Waals surface area contributed by atoms with E-state index in [1.54, 1.807) is 0 Å². The van der Waals surface area contributed by atoms with Crippen LogP contribution in [0.3, 0.4) is 0 Å². The maximum absolute atomic E-state index is 11.8. The average Bonchev–Trinajstić information content (AvgIpc) is 2.47. The Labute approximate surface area is 78.7 Å². The van der Waals surface area contributed by atoms with Gasteiger partial charge in [-0.05, 0) is 25.7 Å². The molecule has 13 heavy (non-hydrogen) atoms. The molecule has 2 fully saturated rings. The van der Waals surface area contributed by atoms with Crippen molar-refractivity contribution in [2.75, 3.05) is 13.2 Å². The molecule has 0 radical (unpaired) electrons. The number of hydrogen-bond donors (Lipinski definition) is 1. The van der Waals surface area contributed by atoms with Crippen molar-refractivity contribution in [1.29, 1.82) is 0 Å². The maximum atomic E-state index is 11.8. The van der Waals surface area contributed by atoms with Crippen molar-refractivity contribution in [2.24, 2.45) is 5.92 Å². The second-order valence-electron chi connectivity index (χ2n) is 4.14. The topological polar surface area (TPSA) is 40.5 Å². The van der Waals surface area contributed by atoms with Crippen molar-refractivity contribution in [3.05, 3.63) is 0 Å². The first-order chi connectivity index (χ1) is 6.33. The number of amides is 1. The van der Waals surface area contributed by atoms with Crippen molar-refractivity contribution < 1.29 is 9.90 Å². The third kappa shape index (κ3) is 1.57. The molecule has 74 valence electrons. The molecule has 1 saturated heterocycles. The third-order valence-electron chi connectivity index (χ3n) is 3.33. The van der Waals surface area contributed by atoms with E-state index in [1.165, 1.54) is 6.42 Å². The molecule has 0 bridgehead atoms. The van der Waals surface area contributed by atoms with Gasteiger partial charge in [-0.2, -0.15) is 0 Å². The van der Waals surface area contributed by atoms with E-state index in [0.29, 0.717) is 5.91 Å². The molecule has 2 rings (SSSR count). The van der Waals surface area contributed by atoms with Crippen LogP contribution in [0, 0.1) is 5.92 Å². The quantitative estimate of drug-likeness (QED) is 0.687. The van der Waals surface area contributed by atoms with Gasteiger partial charge >= 0.3 is 0 Å². The van der Waals surface area contributed by atoms with Crippen molar-refractivity contribution in [3.8, 4) is 0 Å². The number of carbonyl (C=O) groups excluding carboxylic acids is 1. The zero-order valence-electron chi connectivity index (χ0n) is 7.91. The minimum absolute atomic E-state index is 0.119. The Morgan fingerprint density at radius 1 is 1.31 bits per heavy atom. The Morgan fingerprint density at radius 2 is 2.08 bits per heavy atom. The zero-order valence-corrected chi connectivity index (χ0v) is 7.91. The second kappa shape index (κ2) is 3.66. The summed E-state index contributed by atoms with van der Waals surface area (Å²) < 4.78 is 0. The van der Waals surface area contributed by atoms with Gasteiger partial charge in [-0.3, -0.25) is 4.79 Å². The van der Waals surface area contributed by atoms with Crippen LogP contribution in [0.15, 0.2) is 0 Å². The summed E-state index contributed by atoms with van der Waals surface area (Å²) in [4.78, 5) is 13.7. The largest absolute Gasteiger partial charge is 0.394 e. The van der Waals surface area contributed by atoms with Crippen LogP contribution in [0.2, 0.25) is 0 Å². The molecule has 3 nitrogen and oxygen atoms in total. The van der Waals surface area contributed by atoms with Crippen LogP contribution in [0.4, 0.5) is 0 Å². The third-order valence-corrected chi connectivity index (χ3v) is 3.33. The summed E-state index contributed by atoms with van der Waals surface area (Å²) in [6.07, 6.45) is 5.37. The Morgan fingerprint density at radius 3 is 2.62 bits per heavy atom. The van der Waals surface area contributed by atoms with Crippen molar-refractivity contribution in [3.63, 3.8) is 0 Å². The maximum Gasteiger partial charge on any atom is 0.226 e. The molecule has 0 unspecified atom stereocenters. The molecule has 1 N–H and O–H groups in total. The van der Waals surface area contributed by atoms with Crippen LogP contribution in [-0.4, -0.2) is 35.1 Å². The molecule has 3 heteroatoms. The molecule has 1 aliphatic carbocycles. The number of aliphatic hydroxyl groups excluding tert-OH is 1. The molecule has 0 aromatic carbocycles. The highest BCUT2D eigenvalue weighted by Crippen LogP contribution is 2.30. The highest BCUT2D eigenvalue weighted by Gasteiger charge is 2.34. The average molecular weight is 183 g/mol. The van der Waals surface area contributed by atoms with Gasteiger partial charge in [0.25, 0.3) is 0 Å². The Kier molecular flexibility index (Phi) is 2.54. The predicted molar refractivity (Wildman–Crippen MR) is 49.2 cm³/mol. The summed E-state index contributed by atoms with van der Waals surface area (Å²) in [7, 11) is 0. The summed E-state index contributed by atoms with van der Waals surface area (Å²) in [5.41, 5.74) is 0. The Hall–Kier alpha value is -0.570. The number of rotatable bonds is 2. The number of hydrogen-bond acceptors (Lipinski definition) is 2. The monoisotopic (exact) mass is 183 g/mol. The van der Waals surface area contributed by atoms with Crippen LogP contribution in [0.1, 0.15) is 32.1 Å². The lowest BCUT2D eigenvalue weighted by atomic mass is 9.84. The Balaban J connectivity index is 1.94. The van der Waals surface area contributed by atoms with Crippen LogP contribution in [0.5, 0.6) is 0 Å². The fourth-order valence-corrected chi connectivity index (χ4v) is 2.21. The molecule has 0 spiro atoms. The number of likely N-dealkylation sites (tertiary alicyclic amines) is 1. The SMILES string of the molecule is O=C(C1CCC1)N1CCC[C@@H]1CO. The number of aliphatic hydroxyl groups is 1. The van der Waals surface area contributed by atoms with Gasteiger partial charge in [0.2, 0.25) is 5.91 Å². The van der Waals surface area contributed by atoms with Crippen molar-refractivity contribution >= 4 is 5.91 Å². The van der Waals surface area contributed by atoms with Crippen molar-refractivity contribution in [2.45, 2.75) is 38.1 Å². The van der Waals surface area contributed by atoms with E-state index in [9.17, 15) is 4.79 Å². The standard InChI is InChI=1S/C10H17NO2/c12-7-9-5-2-6-11(9)10(13)8-3-1-4-8/h8-9,12H,1-7H2/t9-/m1/s1. The van der Waals surface area contributed by atoms with E-state index in [2.05, 4.69) is 0 Å². The smallest absolute Gasteiger partial charge is 0.226 e. The number of carbonyl (C=O) groups is 1. The molecule has 0 aromatic heterocycles. The van der Waals surface area contributed by atoms with Gasteiger partial charge in [0.05, 0.1) is 12.6 Å². The van der Waals surface area contributed by atoms with Gasteiger partial charge in [0, 0.05) is 12.5 Å². The molecular weight excluding hydrogens is 166 g/mol. The van der Waals surface area contributed by atoms with Crippen LogP contribution in [0.25, 0.3) is 0 Å². The zero-order chi connectivity index (χ0) is 9.26. The fourth-order valence-electron chi connectivity index (χ4n) is 2.21. The van der Waals surface area contributed by atoms with Gasteiger partial charge in [0.1, 0.15) is 0 Å². The van der Waals surface area contributed by atoms with Gasteiger partial charge in [0.15, 0.2) is 0 Å². The normalized spacial score (nSPS) is 29.0. The van der Waals surface area contributed by atoms with E-state index >= 15 is 0 Å². The molecule has 1 heterocycles.